The minimum atomic E-state index is -0.292. The van der Waals surface area contributed by atoms with Crippen LogP contribution in [0.1, 0.15) is 89.5 Å². The van der Waals surface area contributed by atoms with E-state index in [1.165, 1.54) is 44.1 Å². The summed E-state index contributed by atoms with van der Waals surface area (Å²) in [7, 11) is 0. The Hall–Kier alpha value is -3.14. The first-order valence-corrected chi connectivity index (χ1v) is 14.6. The van der Waals surface area contributed by atoms with Gasteiger partial charge in [-0.2, -0.15) is 0 Å². The minimum Gasteiger partial charge on any atom is -0.456 e. The summed E-state index contributed by atoms with van der Waals surface area (Å²) >= 11 is 0. The molecule has 0 heterocycles. The molecule has 0 radical (unpaired) electrons. The Kier molecular flexibility index (Phi) is 17.1. The number of nitrogens with zero attached hydrogens (tertiary/aromatic N) is 1. The Bertz CT molecular complexity index is 937. The summed E-state index contributed by atoms with van der Waals surface area (Å²) in [5, 5.41) is 0. The zero-order valence-electron chi connectivity index (χ0n) is 23.4. The summed E-state index contributed by atoms with van der Waals surface area (Å²) in [5.41, 5.74) is 1.98. The average molecular weight is 518 g/mol. The maximum atomic E-state index is 12.9. The smallest absolute Gasteiger partial charge is 0.306 e. The van der Waals surface area contributed by atoms with Crippen molar-refractivity contribution in [1.82, 2.24) is 0 Å². The van der Waals surface area contributed by atoms with Crippen molar-refractivity contribution in [1.29, 1.82) is 0 Å². The molecule has 4 heteroatoms. The van der Waals surface area contributed by atoms with Gasteiger partial charge < -0.3 is 9.64 Å². The topological polar surface area (TPSA) is 46.6 Å². The van der Waals surface area contributed by atoms with Crippen molar-refractivity contribution < 1.29 is 14.3 Å². The zero-order chi connectivity index (χ0) is 27.1. The van der Waals surface area contributed by atoms with Crippen LogP contribution in [0, 0.1) is 0 Å². The van der Waals surface area contributed by atoms with Crippen LogP contribution >= 0.6 is 0 Å². The first-order chi connectivity index (χ1) is 18.7. The Balaban J connectivity index is 1.56. The van der Waals surface area contributed by atoms with Crippen molar-refractivity contribution in [3.8, 4) is 0 Å². The lowest BCUT2D eigenvalue weighted by molar-refractivity contribution is -0.148. The highest BCUT2D eigenvalue weighted by Crippen LogP contribution is 2.15. The molecule has 38 heavy (non-hydrogen) atoms. The monoisotopic (exact) mass is 517 g/mol. The van der Waals surface area contributed by atoms with E-state index in [4.69, 9.17) is 4.74 Å². The quantitative estimate of drug-likeness (QED) is 0.100. The number of esters is 1. The molecule has 0 atom stereocenters. The van der Waals surface area contributed by atoms with E-state index in [1.54, 1.807) is 4.90 Å². The predicted molar refractivity (Wildman–Crippen MR) is 159 cm³/mol. The molecule has 0 N–H and O–H groups in total. The van der Waals surface area contributed by atoms with Crippen molar-refractivity contribution >= 4 is 17.6 Å². The highest BCUT2D eigenvalue weighted by molar-refractivity contribution is 5.95. The number of benzene rings is 2. The number of amides is 1. The largest absolute Gasteiger partial charge is 0.456 e. The van der Waals surface area contributed by atoms with Gasteiger partial charge in [0.05, 0.1) is 0 Å². The Labute approximate surface area is 230 Å². The molecule has 4 nitrogen and oxygen atoms in total. The SMILES string of the molecule is CCCCC/C=C\C/C=C\CCCCCCCC(=O)OCC(=O)N(CCc1ccccc1)c1ccccc1. The van der Waals surface area contributed by atoms with Gasteiger partial charge in [-0.15, -0.1) is 0 Å². The van der Waals surface area contributed by atoms with Crippen LogP contribution in [0.25, 0.3) is 0 Å². The van der Waals surface area contributed by atoms with Crippen LogP contribution in [0.3, 0.4) is 0 Å². The second-order valence-corrected chi connectivity index (χ2v) is 9.76. The molecule has 0 aromatic heterocycles. The first kappa shape index (κ1) is 31.1. The van der Waals surface area contributed by atoms with Crippen molar-refractivity contribution in [3.63, 3.8) is 0 Å². The van der Waals surface area contributed by atoms with Crippen LogP contribution in [0.15, 0.2) is 85.0 Å². The number of hydrogen-bond donors (Lipinski definition) is 0. The van der Waals surface area contributed by atoms with Gasteiger partial charge in [-0.25, -0.2) is 0 Å². The van der Waals surface area contributed by atoms with Crippen LogP contribution in [0.5, 0.6) is 0 Å². The van der Waals surface area contributed by atoms with Gasteiger partial charge in [0.15, 0.2) is 6.61 Å². The van der Waals surface area contributed by atoms with Gasteiger partial charge in [-0.05, 0) is 62.6 Å². The van der Waals surface area contributed by atoms with Crippen LogP contribution in [-0.4, -0.2) is 25.0 Å². The molecule has 0 bridgehead atoms. The van der Waals surface area contributed by atoms with Crippen LogP contribution in [-0.2, 0) is 20.7 Å². The molecular formula is C34H47NO3. The van der Waals surface area contributed by atoms with E-state index in [1.807, 2.05) is 48.5 Å². The number of hydrogen-bond acceptors (Lipinski definition) is 3. The highest BCUT2D eigenvalue weighted by atomic mass is 16.5. The number of carbonyl (C=O) groups is 2. The molecule has 2 rings (SSSR count). The number of ether oxygens (including phenoxy) is 1. The maximum Gasteiger partial charge on any atom is 0.306 e. The minimum absolute atomic E-state index is 0.194. The molecular weight excluding hydrogens is 470 g/mol. The van der Waals surface area contributed by atoms with E-state index in [-0.39, 0.29) is 18.5 Å². The van der Waals surface area contributed by atoms with Crippen LogP contribution in [0.4, 0.5) is 5.69 Å². The molecule has 0 aliphatic carbocycles. The normalized spacial score (nSPS) is 11.3. The fourth-order valence-corrected chi connectivity index (χ4v) is 4.26. The third-order valence-corrected chi connectivity index (χ3v) is 6.52. The van der Waals surface area contributed by atoms with Crippen LogP contribution in [0.2, 0.25) is 0 Å². The predicted octanol–water partition coefficient (Wildman–Crippen LogP) is 8.62. The van der Waals surface area contributed by atoms with Crippen molar-refractivity contribution in [2.24, 2.45) is 0 Å². The summed E-state index contributed by atoms with van der Waals surface area (Å²) < 4.78 is 5.33. The lowest BCUT2D eigenvalue weighted by Gasteiger charge is -2.23. The summed E-state index contributed by atoms with van der Waals surface area (Å²) in [6.07, 6.45) is 22.8. The van der Waals surface area contributed by atoms with Crippen molar-refractivity contribution in [3.05, 3.63) is 90.5 Å². The molecule has 0 unspecified atom stereocenters. The third-order valence-electron chi connectivity index (χ3n) is 6.52. The molecule has 2 aromatic rings. The molecule has 1 amide bonds. The van der Waals surface area contributed by atoms with Crippen LogP contribution < -0.4 is 4.90 Å². The van der Waals surface area contributed by atoms with Gasteiger partial charge in [0.1, 0.15) is 0 Å². The standard InChI is InChI=1S/C34H47NO3/c1-2-3-4-5-6-7-8-9-10-11-12-13-14-15-22-27-34(37)38-30-33(36)35(32-25-20-17-21-26-32)29-28-31-23-18-16-19-24-31/h6-7,9-10,16-21,23-26H,2-5,8,11-15,22,27-30H2,1H3/b7-6-,10-9-. The third kappa shape index (κ3) is 14.6. The highest BCUT2D eigenvalue weighted by Gasteiger charge is 2.17. The fourth-order valence-electron chi connectivity index (χ4n) is 4.26. The molecule has 0 fully saturated rings. The summed E-state index contributed by atoms with van der Waals surface area (Å²) in [4.78, 5) is 26.8. The van der Waals surface area contributed by atoms with Gasteiger partial charge in [0.2, 0.25) is 0 Å². The number of carbonyl (C=O) groups excluding carboxylic acids is 2. The van der Waals surface area contributed by atoms with E-state index in [9.17, 15) is 9.59 Å². The molecule has 206 valence electrons. The van der Waals surface area contributed by atoms with Gasteiger partial charge in [-0.1, -0.05) is 112 Å². The van der Waals surface area contributed by atoms with Gasteiger partial charge in [-0.3, -0.25) is 9.59 Å². The number of unbranched alkanes of at least 4 members (excludes halogenated alkanes) is 8. The molecule has 0 spiro atoms. The Morgan fingerprint density at radius 1 is 0.737 bits per heavy atom. The number of rotatable bonds is 20. The van der Waals surface area contributed by atoms with Gasteiger partial charge in [0, 0.05) is 18.7 Å². The van der Waals surface area contributed by atoms with E-state index in [2.05, 4.69) is 43.4 Å². The van der Waals surface area contributed by atoms with Gasteiger partial charge >= 0.3 is 5.97 Å². The number of para-hydroxylation sites is 1. The second-order valence-electron chi connectivity index (χ2n) is 9.76. The lowest BCUT2D eigenvalue weighted by atomic mass is 10.1. The fraction of sp³-hybridized carbons (Fsp3) is 0.471. The van der Waals surface area contributed by atoms with E-state index >= 15 is 0 Å². The van der Waals surface area contributed by atoms with Crippen molar-refractivity contribution in [2.75, 3.05) is 18.1 Å². The lowest BCUT2D eigenvalue weighted by Crippen LogP contribution is -2.36. The number of allylic oxidation sites excluding steroid dienone is 4. The molecule has 0 aliphatic rings. The van der Waals surface area contributed by atoms with Crippen molar-refractivity contribution in [2.45, 2.75) is 90.4 Å². The second kappa shape index (κ2) is 20.9. The van der Waals surface area contributed by atoms with E-state index in [0.717, 1.165) is 44.2 Å². The van der Waals surface area contributed by atoms with Gasteiger partial charge in [0.25, 0.3) is 5.91 Å². The Morgan fingerprint density at radius 3 is 2.03 bits per heavy atom. The molecule has 0 saturated carbocycles. The molecule has 0 saturated heterocycles. The van der Waals surface area contributed by atoms with E-state index < -0.39 is 0 Å². The Morgan fingerprint density at radius 2 is 1.34 bits per heavy atom. The summed E-state index contributed by atoms with van der Waals surface area (Å²) in [5.74, 6) is -0.486. The zero-order valence-corrected chi connectivity index (χ0v) is 23.4. The summed E-state index contributed by atoms with van der Waals surface area (Å²) in [6.45, 7) is 2.55. The average Bonchev–Trinajstić information content (AvgIpc) is 2.95. The maximum absolute atomic E-state index is 12.9. The van der Waals surface area contributed by atoms with E-state index in [0.29, 0.717) is 13.0 Å². The summed E-state index contributed by atoms with van der Waals surface area (Å²) in [6, 6.07) is 19.7. The number of anilines is 1. The molecule has 2 aromatic carbocycles. The molecule has 0 aliphatic heterocycles. The first-order valence-electron chi connectivity index (χ1n) is 14.6.